The topological polar surface area (TPSA) is 137 Å². The number of rotatable bonds is 8. The zero-order valence-electron chi connectivity index (χ0n) is 18.5. The fourth-order valence-electron chi connectivity index (χ4n) is 3.08. The smallest absolute Gasteiger partial charge is 0.268 e. The van der Waals surface area contributed by atoms with E-state index in [1.807, 2.05) is 0 Å². The molecular formula is C20H18F2N10O2S. The summed E-state index contributed by atoms with van der Waals surface area (Å²) in [4.78, 5) is 33.1. The Morgan fingerprint density at radius 3 is 2.40 bits per heavy atom. The lowest BCUT2D eigenvalue weighted by molar-refractivity contribution is 0.0892. The number of tetrazole rings is 2. The van der Waals surface area contributed by atoms with Crippen molar-refractivity contribution in [1.82, 2.24) is 45.4 Å². The van der Waals surface area contributed by atoms with Crippen LogP contribution < -0.4 is 4.90 Å². The molecule has 0 saturated heterocycles. The number of anilines is 1. The Bertz CT molecular complexity index is 1340. The lowest BCUT2D eigenvalue weighted by atomic mass is 10.1. The van der Waals surface area contributed by atoms with Gasteiger partial charge in [-0.1, -0.05) is 23.3 Å². The third-order valence-electron chi connectivity index (χ3n) is 4.69. The molecule has 15 heteroatoms. The number of hydrogen-bond donors (Lipinski definition) is 0. The predicted molar refractivity (Wildman–Crippen MR) is 119 cm³/mol. The van der Waals surface area contributed by atoms with Crippen LogP contribution in [0.25, 0.3) is 0 Å². The number of benzene rings is 1. The molecule has 3 aromatic heterocycles. The van der Waals surface area contributed by atoms with Crippen LogP contribution in [0, 0.1) is 0 Å². The van der Waals surface area contributed by atoms with E-state index >= 15 is 0 Å². The minimum absolute atomic E-state index is 0.0405. The highest BCUT2D eigenvalue weighted by Crippen LogP contribution is 2.25. The van der Waals surface area contributed by atoms with Crippen molar-refractivity contribution in [2.24, 2.45) is 14.1 Å². The Hall–Kier alpha value is -4.14. The number of amides is 2. The number of aromatic nitrogens is 9. The van der Waals surface area contributed by atoms with E-state index in [1.165, 1.54) is 41.8 Å². The number of hydrogen-bond acceptors (Lipinski definition) is 10. The molecule has 0 aliphatic heterocycles. The van der Waals surface area contributed by atoms with Gasteiger partial charge in [-0.05, 0) is 39.9 Å². The summed E-state index contributed by atoms with van der Waals surface area (Å²) in [6.07, 6.45) is -2.84. The molecule has 2 amide bonds. The van der Waals surface area contributed by atoms with Crippen molar-refractivity contribution < 1.29 is 18.4 Å². The molecule has 0 fully saturated rings. The SMILES string of the molecule is Cn1nnc(CSCc2nc(C(F)F)ccc2C(=O)N(C(=O)c2ccccc2)c2nnnn2C)n1. The van der Waals surface area contributed by atoms with E-state index in [1.54, 1.807) is 25.2 Å². The van der Waals surface area contributed by atoms with Crippen molar-refractivity contribution in [3.05, 3.63) is 70.8 Å². The van der Waals surface area contributed by atoms with Gasteiger partial charge in [0.25, 0.3) is 24.2 Å². The van der Waals surface area contributed by atoms with Gasteiger partial charge in [0.2, 0.25) is 0 Å². The molecule has 0 atom stereocenters. The van der Waals surface area contributed by atoms with Crippen LogP contribution in [0.15, 0.2) is 42.5 Å². The highest BCUT2D eigenvalue weighted by molar-refractivity contribution is 7.97. The lowest BCUT2D eigenvalue weighted by Gasteiger charge is -2.20. The first-order valence-corrected chi connectivity index (χ1v) is 11.3. The number of thioether (sulfide) groups is 1. The molecule has 4 aromatic rings. The quantitative estimate of drug-likeness (QED) is 0.330. The molecule has 0 aliphatic rings. The minimum Gasteiger partial charge on any atom is -0.268 e. The highest BCUT2D eigenvalue weighted by Gasteiger charge is 2.32. The molecule has 0 radical (unpaired) electrons. The number of imide groups is 1. The molecule has 0 N–H and O–H groups in total. The summed E-state index contributed by atoms with van der Waals surface area (Å²) in [5.41, 5.74) is -0.245. The van der Waals surface area contributed by atoms with Crippen molar-refractivity contribution in [2.75, 3.05) is 4.90 Å². The van der Waals surface area contributed by atoms with Crippen molar-refractivity contribution in [2.45, 2.75) is 17.9 Å². The van der Waals surface area contributed by atoms with Gasteiger partial charge in [0, 0.05) is 18.4 Å². The van der Waals surface area contributed by atoms with Crippen LogP contribution in [0.4, 0.5) is 14.7 Å². The second-order valence-corrected chi connectivity index (χ2v) is 8.12. The van der Waals surface area contributed by atoms with Crippen LogP contribution in [-0.4, -0.2) is 57.2 Å². The Kier molecular flexibility index (Phi) is 7.14. The van der Waals surface area contributed by atoms with Gasteiger partial charge in [-0.25, -0.2) is 18.4 Å². The summed E-state index contributed by atoms with van der Waals surface area (Å²) in [5, 5.41) is 22.7. The van der Waals surface area contributed by atoms with Gasteiger partial charge in [0.05, 0.1) is 24.1 Å². The number of aryl methyl sites for hydroxylation is 2. The lowest BCUT2D eigenvalue weighted by Crippen LogP contribution is -2.39. The van der Waals surface area contributed by atoms with Crippen LogP contribution in [0.5, 0.6) is 0 Å². The maximum absolute atomic E-state index is 13.7. The maximum atomic E-state index is 13.7. The normalized spacial score (nSPS) is 11.1. The Morgan fingerprint density at radius 2 is 1.77 bits per heavy atom. The van der Waals surface area contributed by atoms with Gasteiger partial charge >= 0.3 is 0 Å². The second-order valence-electron chi connectivity index (χ2n) is 7.13. The monoisotopic (exact) mass is 500 g/mol. The van der Waals surface area contributed by atoms with E-state index in [-0.39, 0.29) is 28.5 Å². The summed E-state index contributed by atoms with van der Waals surface area (Å²) in [6.45, 7) is 0. The van der Waals surface area contributed by atoms with E-state index in [9.17, 15) is 18.4 Å². The van der Waals surface area contributed by atoms with Crippen LogP contribution in [-0.2, 0) is 25.6 Å². The van der Waals surface area contributed by atoms with Gasteiger partial charge in [-0.2, -0.15) is 4.80 Å². The number of carbonyl (C=O) groups is 2. The van der Waals surface area contributed by atoms with Crippen molar-refractivity contribution in [3.8, 4) is 0 Å². The number of alkyl halides is 2. The summed E-state index contributed by atoms with van der Waals surface area (Å²) >= 11 is 1.25. The van der Waals surface area contributed by atoms with E-state index < -0.39 is 23.9 Å². The molecule has 0 unspecified atom stereocenters. The van der Waals surface area contributed by atoms with E-state index in [4.69, 9.17) is 0 Å². The van der Waals surface area contributed by atoms with Gasteiger partial charge in [0.15, 0.2) is 5.82 Å². The fourth-order valence-corrected chi connectivity index (χ4v) is 3.90. The van der Waals surface area contributed by atoms with E-state index in [2.05, 4.69) is 35.9 Å². The van der Waals surface area contributed by atoms with Crippen molar-refractivity contribution in [1.29, 1.82) is 0 Å². The molecule has 12 nitrogen and oxygen atoms in total. The third-order valence-corrected chi connectivity index (χ3v) is 5.63. The van der Waals surface area contributed by atoms with Crippen LogP contribution in [0.2, 0.25) is 0 Å². The average molecular weight is 500 g/mol. The van der Waals surface area contributed by atoms with E-state index in [0.29, 0.717) is 11.6 Å². The molecule has 1 aromatic carbocycles. The third kappa shape index (κ3) is 5.34. The number of nitrogens with zero attached hydrogens (tertiary/aromatic N) is 10. The molecule has 35 heavy (non-hydrogen) atoms. The first-order chi connectivity index (χ1) is 16.8. The zero-order chi connectivity index (χ0) is 24.9. The first kappa shape index (κ1) is 24.0. The Balaban J connectivity index is 1.70. The molecular weight excluding hydrogens is 482 g/mol. The standard InChI is InChI=1S/C20H18F2N10O2S/c1-30-20(25-27-29-30)32(18(33)12-6-4-3-5-7-12)19(34)13-8-9-14(17(21)22)23-15(13)10-35-11-16-24-28-31(2)26-16/h3-9,17H,10-11H2,1-2H3. The van der Waals surface area contributed by atoms with Gasteiger partial charge in [0.1, 0.15) is 5.69 Å². The number of carbonyl (C=O) groups excluding carboxylic acids is 2. The first-order valence-electron chi connectivity index (χ1n) is 10.1. The summed E-state index contributed by atoms with van der Waals surface area (Å²) in [6, 6.07) is 10.4. The van der Waals surface area contributed by atoms with Gasteiger partial charge < -0.3 is 0 Å². The maximum Gasteiger partial charge on any atom is 0.280 e. The van der Waals surface area contributed by atoms with Crippen molar-refractivity contribution in [3.63, 3.8) is 0 Å². The van der Waals surface area contributed by atoms with Crippen LogP contribution in [0.3, 0.4) is 0 Å². The van der Waals surface area contributed by atoms with Gasteiger partial charge in [-0.3, -0.25) is 14.6 Å². The summed E-state index contributed by atoms with van der Waals surface area (Å²) in [5.74, 6) is -0.815. The zero-order valence-corrected chi connectivity index (χ0v) is 19.3. The van der Waals surface area contributed by atoms with E-state index in [0.717, 1.165) is 15.6 Å². The molecule has 0 spiro atoms. The fraction of sp³-hybridized carbons (Fsp3) is 0.250. The molecule has 3 heterocycles. The van der Waals surface area contributed by atoms with Crippen LogP contribution >= 0.6 is 11.8 Å². The molecule has 180 valence electrons. The number of pyridine rings is 1. The average Bonchev–Trinajstić information content (AvgIpc) is 3.47. The minimum atomic E-state index is -2.84. The van der Waals surface area contributed by atoms with Gasteiger partial charge in [-0.15, -0.1) is 22.0 Å². The van der Waals surface area contributed by atoms with Crippen molar-refractivity contribution >= 4 is 29.5 Å². The predicted octanol–water partition coefficient (Wildman–Crippen LogP) is 1.99. The number of halogens is 2. The summed E-state index contributed by atoms with van der Waals surface area (Å²) in [7, 11) is 3.09. The largest absolute Gasteiger partial charge is 0.280 e. The molecule has 4 rings (SSSR count). The highest BCUT2D eigenvalue weighted by atomic mass is 32.2. The Labute approximate surface area is 201 Å². The molecule has 0 bridgehead atoms. The van der Waals surface area contributed by atoms with Crippen LogP contribution in [0.1, 0.15) is 44.4 Å². The second kappa shape index (κ2) is 10.4. The molecule has 0 saturated carbocycles. The Morgan fingerprint density at radius 1 is 1.00 bits per heavy atom. The summed E-state index contributed by atoms with van der Waals surface area (Å²) < 4.78 is 27.9. The molecule has 0 aliphatic carbocycles.